The van der Waals surface area contributed by atoms with Crippen LogP contribution in [0.4, 0.5) is 4.39 Å². The minimum Gasteiger partial charge on any atom is -0.336 e. The Morgan fingerprint density at radius 2 is 2.13 bits per heavy atom. The summed E-state index contributed by atoms with van der Waals surface area (Å²) in [7, 11) is 0. The molecule has 1 aromatic heterocycles. The van der Waals surface area contributed by atoms with Gasteiger partial charge in [0, 0.05) is 11.4 Å². The van der Waals surface area contributed by atoms with E-state index in [-0.39, 0.29) is 11.9 Å². The van der Waals surface area contributed by atoms with E-state index in [1.807, 2.05) is 24.5 Å². The van der Waals surface area contributed by atoms with Crippen molar-refractivity contribution in [1.82, 2.24) is 4.57 Å². The fraction of sp³-hybridized carbons (Fsp3) is 0.250. The van der Waals surface area contributed by atoms with Gasteiger partial charge < -0.3 is 4.57 Å². The molecule has 0 aliphatic heterocycles. The van der Waals surface area contributed by atoms with Gasteiger partial charge >= 0.3 is 0 Å². The highest BCUT2D eigenvalue weighted by Gasteiger charge is 2.12. The summed E-state index contributed by atoms with van der Waals surface area (Å²) in [5.41, 5.74) is 1.29. The van der Waals surface area contributed by atoms with E-state index in [0.29, 0.717) is 11.1 Å². The lowest BCUT2D eigenvalue weighted by Crippen LogP contribution is -2.04. The molecule has 0 bridgehead atoms. The third-order valence-electron chi connectivity index (χ3n) is 2.50. The molecule has 0 spiro atoms. The maximum absolute atomic E-state index is 13.5. The zero-order valence-electron chi connectivity index (χ0n) is 8.70. The molecule has 0 N–H and O–H groups in total. The predicted octanol–water partition coefficient (Wildman–Crippen LogP) is 3.17. The van der Waals surface area contributed by atoms with E-state index >= 15 is 0 Å². The summed E-state index contributed by atoms with van der Waals surface area (Å²) in [5.74, 6) is -0.282. The molecular formula is C12H12FNO. The van der Waals surface area contributed by atoms with Crippen LogP contribution in [0.3, 0.4) is 0 Å². The first-order valence-corrected chi connectivity index (χ1v) is 4.89. The zero-order chi connectivity index (χ0) is 11.0. The van der Waals surface area contributed by atoms with Crippen LogP contribution >= 0.6 is 0 Å². The number of hydrogen-bond donors (Lipinski definition) is 0. The number of halogens is 1. The highest BCUT2D eigenvalue weighted by Crippen LogP contribution is 2.25. The Hall–Kier alpha value is -1.64. The maximum atomic E-state index is 13.5. The van der Waals surface area contributed by atoms with Gasteiger partial charge in [-0.15, -0.1) is 0 Å². The second-order valence-corrected chi connectivity index (χ2v) is 3.82. The van der Waals surface area contributed by atoms with E-state index in [1.54, 1.807) is 12.1 Å². The first kappa shape index (κ1) is 9.90. The van der Waals surface area contributed by atoms with E-state index in [4.69, 9.17) is 0 Å². The van der Waals surface area contributed by atoms with Crippen molar-refractivity contribution in [1.29, 1.82) is 0 Å². The lowest BCUT2D eigenvalue weighted by molar-refractivity contribution is 0.111. The third kappa shape index (κ3) is 1.44. The van der Waals surface area contributed by atoms with Crippen molar-refractivity contribution in [3.63, 3.8) is 0 Å². The molecule has 0 saturated carbocycles. The number of benzene rings is 1. The van der Waals surface area contributed by atoms with Gasteiger partial charge in [-0.3, -0.25) is 4.79 Å². The van der Waals surface area contributed by atoms with Crippen molar-refractivity contribution >= 4 is 17.2 Å². The molecule has 2 aromatic rings. The summed E-state index contributed by atoms with van der Waals surface area (Å²) in [5, 5.41) is 0.508. The average Bonchev–Trinajstić information content (AvgIpc) is 2.57. The lowest BCUT2D eigenvalue weighted by Gasteiger charge is -2.11. The van der Waals surface area contributed by atoms with Crippen LogP contribution < -0.4 is 0 Å². The molecule has 0 saturated heterocycles. The zero-order valence-corrected chi connectivity index (χ0v) is 8.70. The maximum Gasteiger partial charge on any atom is 0.166 e. The van der Waals surface area contributed by atoms with Gasteiger partial charge in [-0.1, -0.05) is 6.07 Å². The van der Waals surface area contributed by atoms with Crippen LogP contribution in [0.1, 0.15) is 30.4 Å². The smallest absolute Gasteiger partial charge is 0.166 e. The second kappa shape index (κ2) is 3.50. The van der Waals surface area contributed by atoms with Gasteiger partial charge in [0.25, 0.3) is 0 Å². The highest BCUT2D eigenvalue weighted by atomic mass is 19.1. The molecule has 0 radical (unpaired) electrons. The molecule has 0 aliphatic carbocycles. The Morgan fingerprint density at radius 3 is 2.73 bits per heavy atom. The van der Waals surface area contributed by atoms with Gasteiger partial charge in [-0.2, -0.15) is 0 Å². The molecule has 15 heavy (non-hydrogen) atoms. The first-order chi connectivity index (χ1) is 7.15. The van der Waals surface area contributed by atoms with E-state index in [1.165, 1.54) is 6.07 Å². The lowest BCUT2D eigenvalue weighted by atomic mass is 10.2. The summed E-state index contributed by atoms with van der Waals surface area (Å²) < 4.78 is 15.3. The molecular weight excluding hydrogens is 193 g/mol. The fourth-order valence-electron chi connectivity index (χ4n) is 1.90. The van der Waals surface area contributed by atoms with Crippen LogP contribution in [0.25, 0.3) is 10.9 Å². The largest absolute Gasteiger partial charge is 0.336 e. The van der Waals surface area contributed by atoms with Gasteiger partial charge in [0.2, 0.25) is 0 Å². The topological polar surface area (TPSA) is 22.0 Å². The second-order valence-electron chi connectivity index (χ2n) is 3.82. The van der Waals surface area contributed by atoms with Crippen molar-refractivity contribution < 1.29 is 9.18 Å². The van der Waals surface area contributed by atoms with Gasteiger partial charge in [0.05, 0.1) is 11.2 Å². The van der Waals surface area contributed by atoms with Gasteiger partial charge in [-0.25, -0.2) is 4.39 Å². The Morgan fingerprint density at radius 1 is 1.40 bits per heavy atom. The van der Waals surface area contributed by atoms with Crippen LogP contribution in [0.15, 0.2) is 24.3 Å². The summed E-state index contributed by atoms with van der Waals surface area (Å²) in [4.78, 5) is 10.9. The van der Waals surface area contributed by atoms with Crippen LogP contribution in [0, 0.1) is 5.82 Å². The van der Waals surface area contributed by atoms with E-state index in [9.17, 15) is 9.18 Å². The molecule has 0 atom stereocenters. The third-order valence-corrected chi connectivity index (χ3v) is 2.50. The summed E-state index contributed by atoms with van der Waals surface area (Å²) in [6.07, 6.45) is 0.763. The Balaban J connectivity index is 2.86. The minimum absolute atomic E-state index is 0.143. The number of nitrogens with zero attached hydrogens (tertiary/aromatic N) is 1. The van der Waals surface area contributed by atoms with Crippen LogP contribution in [-0.4, -0.2) is 10.9 Å². The summed E-state index contributed by atoms with van der Waals surface area (Å²) in [6.45, 7) is 3.94. The standard InChI is InChI=1S/C12H12FNO/c1-8(2)14-9(7-15)6-10-11(13)4-3-5-12(10)14/h3-8H,1-2H3. The molecule has 0 amide bonds. The normalized spacial score (nSPS) is 11.2. The molecule has 0 unspecified atom stereocenters. The van der Waals surface area contributed by atoms with Crippen molar-refractivity contribution in [2.24, 2.45) is 0 Å². The van der Waals surface area contributed by atoms with Gasteiger partial charge in [0.1, 0.15) is 5.82 Å². The predicted molar refractivity (Wildman–Crippen MR) is 57.7 cm³/mol. The molecule has 1 heterocycles. The average molecular weight is 205 g/mol. The molecule has 3 heteroatoms. The number of aldehydes is 1. The van der Waals surface area contributed by atoms with Crippen LogP contribution in [-0.2, 0) is 0 Å². The number of carbonyl (C=O) groups excluding carboxylic acids is 1. The quantitative estimate of drug-likeness (QED) is 0.690. The van der Waals surface area contributed by atoms with Crippen molar-refractivity contribution in [2.45, 2.75) is 19.9 Å². The van der Waals surface area contributed by atoms with Gasteiger partial charge in [-0.05, 0) is 32.0 Å². The number of aromatic nitrogens is 1. The van der Waals surface area contributed by atoms with Crippen LogP contribution in [0.2, 0.25) is 0 Å². The number of hydrogen-bond acceptors (Lipinski definition) is 1. The van der Waals surface area contributed by atoms with E-state index < -0.39 is 0 Å². The molecule has 0 fully saturated rings. The first-order valence-electron chi connectivity index (χ1n) is 4.89. The van der Waals surface area contributed by atoms with Crippen molar-refractivity contribution in [3.8, 4) is 0 Å². The molecule has 1 aromatic carbocycles. The monoisotopic (exact) mass is 205 g/mol. The van der Waals surface area contributed by atoms with Crippen molar-refractivity contribution in [3.05, 3.63) is 35.8 Å². The minimum atomic E-state index is -0.282. The van der Waals surface area contributed by atoms with E-state index in [2.05, 4.69) is 0 Å². The Kier molecular flexibility index (Phi) is 2.31. The Bertz CT molecular complexity index is 514. The van der Waals surface area contributed by atoms with Gasteiger partial charge in [0.15, 0.2) is 6.29 Å². The van der Waals surface area contributed by atoms with E-state index in [0.717, 1.165) is 11.8 Å². The van der Waals surface area contributed by atoms with Crippen molar-refractivity contribution in [2.75, 3.05) is 0 Å². The molecule has 78 valence electrons. The summed E-state index contributed by atoms with van der Waals surface area (Å²) in [6, 6.07) is 6.62. The Labute approximate surface area is 87.3 Å². The molecule has 0 aliphatic rings. The molecule has 2 rings (SSSR count). The van der Waals surface area contributed by atoms with Crippen LogP contribution in [0.5, 0.6) is 0 Å². The highest BCUT2D eigenvalue weighted by molar-refractivity contribution is 5.89. The molecule has 2 nitrogen and oxygen atoms in total. The number of rotatable bonds is 2. The number of fused-ring (bicyclic) bond motifs is 1. The SMILES string of the molecule is CC(C)n1c(C=O)cc2c(F)cccc21. The number of carbonyl (C=O) groups is 1. The fourth-order valence-corrected chi connectivity index (χ4v) is 1.90. The summed E-state index contributed by atoms with van der Waals surface area (Å²) >= 11 is 0.